The van der Waals surface area contributed by atoms with Crippen molar-refractivity contribution >= 4 is 28.8 Å². The van der Waals surface area contributed by atoms with Gasteiger partial charge in [0.2, 0.25) is 0 Å². The molecule has 2 heterocycles. The van der Waals surface area contributed by atoms with Crippen LogP contribution in [0, 0.1) is 0 Å². The van der Waals surface area contributed by atoms with Gasteiger partial charge in [-0.15, -0.1) is 0 Å². The van der Waals surface area contributed by atoms with Crippen LogP contribution < -0.4 is 5.32 Å². The second kappa shape index (κ2) is 4.98. The van der Waals surface area contributed by atoms with E-state index >= 15 is 0 Å². The third kappa shape index (κ3) is 2.73. The van der Waals surface area contributed by atoms with Crippen LogP contribution in [-0.2, 0) is 0 Å². The summed E-state index contributed by atoms with van der Waals surface area (Å²) in [7, 11) is 1.84. The quantitative estimate of drug-likeness (QED) is 0.927. The number of halogens is 1. The van der Waals surface area contributed by atoms with Crippen LogP contribution in [0.1, 0.15) is 25.5 Å². The van der Waals surface area contributed by atoms with Gasteiger partial charge in [-0.1, -0.05) is 36.8 Å². The van der Waals surface area contributed by atoms with Crippen molar-refractivity contribution in [1.82, 2.24) is 15.0 Å². The molecule has 2 aromatic rings. The van der Waals surface area contributed by atoms with E-state index in [1.165, 1.54) is 11.3 Å². The van der Waals surface area contributed by atoms with Gasteiger partial charge in [0.15, 0.2) is 10.8 Å². The fraction of sp³-hybridized carbons (Fsp3) is 0.364. The number of nitrogens with zero attached hydrogens (tertiary/aromatic N) is 3. The van der Waals surface area contributed by atoms with E-state index in [4.69, 9.17) is 11.6 Å². The van der Waals surface area contributed by atoms with Gasteiger partial charge in [-0.2, -0.15) is 0 Å². The second-order valence-corrected chi connectivity index (χ2v) is 5.54. The molecule has 0 aliphatic heterocycles. The standard InChI is InChI=1S/C11H13ClN4S/c1-6(2)7-4-9(13-3)16-10(15-7)11-14-5-8(12)17-11/h4-6H,1-3H3,(H,13,15,16). The van der Waals surface area contributed by atoms with Crippen molar-refractivity contribution in [2.75, 3.05) is 12.4 Å². The van der Waals surface area contributed by atoms with Gasteiger partial charge >= 0.3 is 0 Å². The Labute approximate surface area is 109 Å². The number of anilines is 1. The summed E-state index contributed by atoms with van der Waals surface area (Å²) in [5.41, 5.74) is 0.991. The molecule has 0 aliphatic carbocycles. The molecule has 17 heavy (non-hydrogen) atoms. The number of aromatic nitrogens is 3. The highest BCUT2D eigenvalue weighted by atomic mass is 35.5. The number of hydrogen-bond donors (Lipinski definition) is 1. The van der Waals surface area contributed by atoms with Gasteiger partial charge in [0.1, 0.15) is 10.2 Å². The summed E-state index contributed by atoms with van der Waals surface area (Å²) >= 11 is 7.25. The molecule has 1 N–H and O–H groups in total. The minimum atomic E-state index is 0.347. The van der Waals surface area contributed by atoms with E-state index in [0.29, 0.717) is 16.1 Å². The van der Waals surface area contributed by atoms with Crippen LogP contribution in [0.4, 0.5) is 5.82 Å². The Kier molecular flexibility index (Phi) is 3.59. The van der Waals surface area contributed by atoms with Crippen molar-refractivity contribution in [3.63, 3.8) is 0 Å². The van der Waals surface area contributed by atoms with Gasteiger partial charge in [-0.3, -0.25) is 0 Å². The molecule has 0 spiro atoms. The first kappa shape index (κ1) is 12.3. The minimum absolute atomic E-state index is 0.347. The van der Waals surface area contributed by atoms with Crippen LogP contribution in [0.25, 0.3) is 10.8 Å². The van der Waals surface area contributed by atoms with Crippen molar-refractivity contribution in [3.8, 4) is 10.8 Å². The summed E-state index contributed by atoms with van der Waals surface area (Å²) in [4.78, 5) is 13.1. The summed E-state index contributed by atoms with van der Waals surface area (Å²) in [6.07, 6.45) is 1.62. The highest BCUT2D eigenvalue weighted by Crippen LogP contribution is 2.27. The molecular weight excluding hydrogens is 256 g/mol. The lowest BCUT2D eigenvalue weighted by atomic mass is 10.1. The molecule has 0 fully saturated rings. The molecule has 0 atom stereocenters. The first-order valence-corrected chi connectivity index (χ1v) is 6.48. The van der Waals surface area contributed by atoms with Crippen LogP contribution in [0.15, 0.2) is 12.3 Å². The smallest absolute Gasteiger partial charge is 0.190 e. The fourth-order valence-electron chi connectivity index (χ4n) is 1.34. The number of hydrogen-bond acceptors (Lipinski definition) is 5. The third-order valence-corrected chi connectivity index (χ3v) is 3.37. The molecule has 0 bridgehead atoms. The van der Waals surface area contributed by atoms with Gasteiger partial charge in [-0.05, 0) is 5.92 Å². The Morgan fingerprint density at radius 2 is 2.12 bits per heavy atom. The summed E-state index contributed by atoms with van der Waals surface area (Å²) in [5, 5.41) is 3.78. The van der Waals surface area contributed by atoms with E-state index in [1.54, 1.807) is 6.20 Å². The molecular formula is C11H13ClN4S. The summed E-state index contributed by atoms with van der Waals surface area (Å²) in [6, 6.07) is 1.95. The molecule has 0 saturated heterocycles. The molecule has 0 unspecified atom stereocenters. The predicted molar refractivity (Wildman–Crippen MR) is 71.8 cm³/mol. The number of rotatable bonds is 3. The Morgan fingerprint density at radius 3 is 2.65 bits per heavy atom. The van der Waals surface area contributed by atoms with Crippen molar-refractivity contribution in [2.45, 2.75) is 19.8 Å². The van der Waals surface area contributed by atoms with Gasteiger partial charge in [0, 0.05) is 18.8 Å². The lowest BCUT2D eigenvalue weighted by molar-refractivity contribution is 0.817. The lowest BCUT2D eigenvalue weighted by Gasteiger charge is -2.08. The minimum Gasteiger partial charge on any atom is -0.373 e. The molecule has 90 valence electrons. The zero-order valence-corrected chi connectivity index (χ0v) is 11.4. The van der Waals surface area contributed by atoms with E-state index < -0.39 is 0 Å². The van der Waals surface area contributed by atoms with E-state index in [0.717, 1.165) is 16.5 Å². The topological polar surface area (TPSA) is 50.7 Å². The van der Waals surface area contributed by atoms with E-state index in [1.807, 2.05) is 13.1 Å². The molecule has 0 aliphatic rings. The van der Waals surface area contributed by atoms with Gasteiger partial charge in [0.25, 0.3) is 0 Å². The molecule has 4 nitrogen and oxygen atoms in total. The maximum absolute atomic E-state index is 5.87. The van der Waals surface area contributed by atoms with Crippen molar-refractivity contribution in [3.05, 3.63) is 22.3 Å². The SMILES string of the molecule is CNc1cc(C(C)C)nc(-c2ncc(Cl)s2)n1. The maximum atomic E-state index is 5.87. The monoisotopic (exact) mass is 268 g/mol. The lowest BCUT2D eigenvalue weighted by Crippen LogP contribution is -2.01. The van der Waals surface area contributed by atoms with Crippen LogP contribution in [0.5, 0.6) is 0 Å². The van der Waals surface area contributed by atoms with Gasteiger partial charge in [-0.25, -0.2) is 15.0 Å². The first-order chi connectivity index (χ1) is 8.10. The van der Waals surface area contributed by atoms with Crippen molar-refractivity contribution in [1.29, 1.82) is 0 Å². The Bertz CT molecular complexity index is 524. The summed E-state index contributed by atoms with van der Waals surface area (Å²) < 4.78 is 0.643. The normalized spacial score (nSPS) is 10.9. The molecule has 2 aromatic heterocycles. The zero-order valence-electron chi connectivity index (χ0n) is 9.86. The van der Waals surface area contributed by atoms with E-state index in [9.17, 15) is 0 Å². The van der Waals surface area contributed by atoms with Crippen LogP contribution in [-0.4, -0.2) is 22.0 Å². The van der Waals surface area contributed by atoms with Crippen molar-refractivity contribution < 1.29 is 0 Å². The molecule has 6 heteroatoms. The average Bonchev–Trinajstić information content (AvgIpc) is 2.75. The molecule has 0 radical (unpaired) electrons. The Morgan fingerprint density at radius 1 is 1.35 bits per heavy atom. The summed E-state index contributed by atoms with van der Waals surface area (Å²) in [6.45, 7) is 4.20. The van der Waals surface area contributed by atoms with Gasteiger partial charge in [0.05, 0.1) is 6.20 Å². The van der Waals surface area contributed by atoms with Crippen LogP contribution >= 0.6 is 22.9 Å². The summed E-state index contributed by atoms with van der Waals surface area (Å²) in [5.74, 6) is 1.77. The molecule has 0 aromatic carbocycles. The Hall–Kier alpha value is -1.20. The zero-order chi connectivity index (χ0) is 12.4. The first-order valence-electron chi connectivity index (χ1n) is 5.28. The second-order valence-electron chi connectivity index (χ2n) is 3.88. The van der Waals surface area contributed by atoms with Crippen LogP contribution in [0.2, 0.25) is 4.34 Å². The predicted octanol–water partition coefficient (Wildman–Crippen LogP) is 3.42. The Balaban J connectivity index is 2.49. The maximum Gasteiger partial charge on any atom is 0.190 e. The molecule has 0 saturated carbocycles. The van der Waals surface area contributed by atoms with Crippen LogP contribution in [0.3, 0.4) is 0 Å². The fourth-order valence-corrected chi connectivity index (χ4v) is 2.19. The highest BCUT2D eigenvalue weighted by molar-refractivity contribution is 7.18. The largest absolute Gasteiger partial charge is 0.373 e. The van der Waals surface area contributed by atoms with E-state index in [2.05, 4.69) is 34.1 Å². The number of nitrogens with one attached hydrogen (secondary N) is 1. The van der Waals surface area contributed by atoms with Gasteiger partial charge < -0.3 is 5.32 Å². The average molecular weight is 269 g/mol. The van der Waals surface area contributed by atoms with Crippen molar-refractivity contribution in [2.24, 2.45) is 0 Å². The molecule has 0 amide bonds. The molecule has 2 rings (SSSR count). The number of thiazole rings is 1. The van der Waals surface area contributed by atoms with E-state index in [-0.39, 0.29) is 0 Å². The third-order valence-electron chi connectivity index (χ3n) is 2.26. The highest BCUT2D eigenvalue weighted by Gasteiger charge is 2.11.